The average Bonchev–Trinajstić information content (AvgIpc) is 2.46. The van der Waals surface area contributed by atoms with Gasteiger partial charge in [0.15, 0.2) is 0 Å². The zero-order chi connectivity index (χ0) is 13.7. The van der Waals surface area contributed by atoms with Gasteiger partial charge in [0, 0.05) is 12.6 Å². The first kappa shape index (κ1) is 13.9. The molecule has 0 radical (unpaired) electrons. The Labute approximate surface area is 113 Å². The maximum Gasteiger partial charge on any atom is 0.229 e. The molecule has 0 aliphatic heterocycles. The quantitative estimate of drug-likeness (QED) is 0.839. The fraction of sp³-hybridized carbons (Fsp3) is 0.692. The predicted molar refractivity (Wildman–Crippen MR) is 73.6 cm³/mol. The third-order valence-electron chi connectivity index (χ3n) is 3.59. The van der Waals surface area contributed by atoms with E-state index in [0.29, 0.717) is 23.6 Å². The summed E-state index contributed by atoms with van der Waals surface area (Å²) in [5, 5.41) is 3.23. The van der Waals surface area contributed by atoms with Gasteiger partial charge in [-0.05, 0) is 18.8 Å². The number of ether oxygens (including phenoxy) is 2. The molecule has 3 N–H and O–H groups in total. The van der Waals surface area contributed by atoms with E-state index >= 15 is 0 Å². The highest BCUT2D eigenvalue weighted by molar-refractivity contribution is 5.33. The second-order valence-electron chi connectivity index (χ2n) is 4.87. The van der Waals surface area contributed by atoms with Crippen molar-refractivity contribution in [2.75, 3.05) is 26.1 Å². The van der Waals surface area contributed by atoms with Crippen LogP contribution in [-0.2, 0) is 0 Å². The molecule has 6 nitrogen and oxygen atoms in total. The van der Waals surface area contributed by atoms with Crippen LogP contribution < -0.4 is 20.5 Å². The van der Waals surface area contributed by atoms with Crippen LogP contribution in [0.5, 0.6) is 11.8 Å². The second kappa shape index (κ2) is 6.56. The molecule has 0 aromatic carbocycles. The Hall–Kier alpha value is -1.56. The van der Waals surface area contributed by atoms with Gasteiger partial charge in [0.1, 0.15) is 0 Å². The third-order valence-corrected chi connectivity index (χ3v) is 3.59. The number of nitrogens with zero attached hydrogens (tertiary/aromatic N) is 2. The van der Waals surface area contributed by atoms with Gasteiger partial charge in [-0.15, -0.1) is 0 Å². The monoisotopic (exact) mass is 266 g/mol. The number of rotatable bonds is 5. The topological polar surface area (TPSA) is 82.3 Å². The number of anilines is 1. The fourth-order valence-electron chi connectivity index (χ4n) is 2.40. The molecule has 0 bridgehead atoms. The number of hydrogen-bond acceptors (Lipinski definition) is 6. The second-order valence-corrected chi connectivity index (χ2v) is 4.87. The summed E-state index contributed by atoms with van der Waals surface area (Å²) in [5.74, 6) is 1.98. The van der Waals surface area contributed by atoms with E-state index in [9.17, 15) is 0 Å². The molecule has 6 heteroatoms. The number of nitrogens with two attached hydrogens (primary N) is 1. The van der Waals surface area contributed by atoms with Gasteiger partial charge in [-0.25, -0.2) is 0 Å². The van der Waals surface area contributed by atoms with Crippen LogP contribution >= 0.6 is 0 Å². The number of methoxy groups -OCH3 is 2. The Morgan fingerprint density at radius 2 is 1.84 bits per heavy atom. The van der Waals surface area contributed by atoms with Crippen LogP contribution in [-0.4, -0.2) is 36.8 Å². The molecule has 0 spiro atoms. The van der Waals surface area contributed by atoms with Gasteiger partial charge in [0.25, 0.3) is 0 Å². The van der Waals surface area contributed by atoms with Crippen LogP contribution in [0.2, 0.25) is 0 Å². The molecule has 19 heavy (non-hydrogen) atoms. The molecule has 2 rings (SSSR count). The van der Waals surface area contributed by atoms with E-state index in [1.165, 1.54) is 12.8 Å². The summed E-state index contributed by atoms with van der Waals surface area (Å²) < 4.78 is 10.2. The molecule has 1 aliphatic carbocycles. The van der Waals surface area contributed by atoms with E-state index in [2.05, 4.69) is 15.3 Å². The standard InChI is InChI=1S/C13H22N4O2/c1-18-11-7-12(19-2)17-13(16-11)15-8-9-5-3-4-6-10(9)14/h7,9-10H,3-6,8,14H2,1-2H3,(H,15,16,17). The van der Waals surface area contributed by atoms with Gasteiger partial charge >= 0.3 is 0 Å². The third kappa shape index (κ3) is 3.70. The zero-order valence-electron chi connectivity index (χ0n) is 11.6. The lowest BCUT2D eigenvalue weighted by Crippen LogP contribution is -2.37. The van der Waals surface area contributed by atoms with E-state index in [4.69, 9.17) is 15.2 Å². The fourth-order valence-corrected chi connectivity index (χ4v) is 2.40. The molecule has 2 unspecified atom stereocenters. The number of nitrogens with one attached hydrogen (secondary N) is 1. The Morgan fingerprint density at radius 1 is 1.21 bits per heavy atom. The lowest BCUT2D eigenvalue weighted by atomic mass is 9.85. The molecule has 1 fully saturated rings. The van der Waals surface area contributed by atoms with Gasteiger partial charge < -0.3 is 20.5 Å². The van der Waals surface area contributed by atoms with Gasteiger partial charge in [0.05, 0.1) is 20.3 Å². The van der Waals surface area contributed by atoms with Crippen molar-refractivity contribution in [3.63, 3.8) is 0 Å². The molecule has 1 aromatic heterocycles. The maximum atomic E-state index is 6.13. The molecule has 106 valence electrons. The van der Waals surface area contributed by atoms with Crippen LogP contribution in [0.1, 0.15) is 25.7 Å². The van der Waals surface area contributed by atoms with Gasteiger partial charge in [-0.3, -0.25) is 0 Å². The van der Waals surface area contributed by atoms with Crippen molar-refractivity contribution in [2.45, 2.75) is 31.7 Å². The first-order valence-electron chi connectivity index (χ1n) is 6.69. The Bertz CT molecular complexity index is 391. The Morgan fingerprint density at radius 3 is 2.42 bits per heavy atom. The normalized spacial score (nSPS) is 22.9. The lowest BCUT2D eigenvalue weighted by Gasteiger charge is -2.28. The van der Waals surface area contributed by atoms with Crippen molar-refractivity contribution in [1.29, 1.82) is 0 Å². The molecule has 1 aliphatic rings. The SMILES string of the molecule is COc1cc(OC)nc(NCC2CCCCC2N)n1. The van der Waals surface area contributed by atoms with Crippen molar-refractivity contribution < 1.29 is 9.47 Å². The smallest absolute Gasteiger partial charge is 0.229 e. The first-order valence-corrected chi connectivity index (χ1v) is 6.69. The maximum absolute atomic E-state index is 6.13. The zero-order valence-corrected chi connectivity index (χ0v) is 11.6. The summed E-state index contributed by atoms with van der Waals surface area (Å²) in [6, 6.07) is 1.92. The minimum absolute atomic E-state index is 0.272. The molecule has 0 amide bonds. The molecule has 1 heterocycles. The van der Waals surface area contributed by atoms with Crippen molar-refractivity contribution in [2.24, 2.45) is 11.7 Å². The van der Waals surface area contributed by atoms with Crippen molar-refractivity contribution in [3.8, 4) is 11.8 Å². The summed E-state index contributed by atoms with van der Waals surface area (Å²) in [6.07, 6.45) is 4.76. The predicted octanol–water partition coefficient (Wildman–Crippen LogP) is 1.42. The van der Waals surface area contributed by atoms with E-state index < -0.39 is 0 Å². The summed E-state index contributed by atoms with van der Waals surface area (Å²) in [6.45, 7) is 0.789. The van der Waals surface area contributed by atoms with Crippen molar-refractivity contribution in [1.82, 2.24) is 9.97 Å². The van der Waals surface area contributed by atoms with Gasteiger partial charge in [-0.1, -0.05) is 12.8 Å². The van der Waals surface area contributed by atoms with Crippen molar-refractivity contribution in [3.05, 3.63) is 6.07 Å². The summed E-state index contributed by atoms with van der Waals surface area (Å²) >= 11 is 0. The highest BCUT2D eigenvalue weighted by atomic mass is 16.5. The molecule has 1 aromatic rings. The van der Waals surface area contributed by atoms with E-state index in [1.54, 1.807) is 20.3 Å². The lowest BCUT2D eigenvalue weighted by molar-refractivity contribution is 0.320. The van der Waals surface area contributed by atoms with Gasteiger partial charge in [0.2, 0.25) is 17.7 Å². The van der Waals surface area contributed by atoms with Crippen molar-refractivity contribution >= 4 is 5.95 Å². The van der Waals surface area contributed by atoms with E-state index in [1.807, 2.05) is 0 Å². The average molecular weight is 266 g/mol. The highest BCUT2D eigenvalue weighted by Crippen LogP contribution is 2.23. The Kier molecular flexibility index (Phi) is 4.79. The van der Waals surface area contributed by atoms with E-state index in [-0.39, 0.29) is 6.04 Å². The summed E-state index contributed by atoms with van der Waals surface area (Å²) in [4.78, 5) is 8.49. The van der Waals surface area contributed by atoms with E-state index in [0.717, 1.165) is 19.4 Å². The molecule has 1 saturated carbocycles. The largest absolute Gasteiger partial charge is 0.481 e. The minimum Gasteiger partial charge on any atom is -0.481 e. The molecular formula is C13H22N4O2. The molecule has 0 saturated heterocycles. The summed E-state index contributed by atoms with van der Waals surface area (Å²) in [5.41, 5.74) is 6.13. The minimum atomic E-state index is 0.272. The number of aromatic nitrogens is 2. The summed E-state index contributed by atoms with van der Waals surface area (Å²) in [7, 11) is 3.14. The van der Waals surface area contributed by atoms with Crippen LogP contribution in [0.15, 0.2) is 6.07 Å². The molecule has 2 atom stereocenters. The Balaban J connectivity index is 1.98. The number of hydrogen-bond donors (Lipinski definition) is 2. The van der Waals surface area contributed by atoms with Crippen LogP contribution in [0, 0.1) is 5.92 Å². The van der Waals surface area contributed by atoms with Gasteiger partial charge in [-0.2, -0.15) is 9.97 Å². The van der Waals surface area contributed by atoms with Crippen LogP contribution in [0.4, 0.5) is 5.95 Å². The van der Waals surface area contributed by atoms with Crippen LogP contribution in [0.3, 0.4) is 0 Å². The highest BCUT2D eigenvalue weighted by Gasteiger charge is 2.21. The van der Waals surface area contributed by atoms with Crippen LogP contribution in [0.25, 0.3) is 0 Å². The first-order chi connectivity index (χ1) is 9.22. The molecular weight excluding hydrogens is 244 g/mol.